The Hall–Kier alpha value is -3.13. The van der Waals surface area contributed by atoms with Crippen molar-refractivity contribution in [2.24, 2.45) is 0 Å². The molecule has 4 rings (SSSR count). The minimum Gasteiger partial charge on any atom is -0.491 e. The molecular formula is C18H17FN4O3. The number of benzene rings is 2. The smallest absolute Gasteiger partial charge is 0.304 e. The summed E-state index contributed by atoms with van der Waals surface area (Å²) < 4.78 is 30.0. The Kier molecular flexibility index (Phi) is 3.96. The van der Waals surface area contributed by atoms with Gasteiger partial charge < -0.3 is 18.5 Å². The lowest BCUT2D eigenvalue weighted by Gasteiger charge is -2.08. The zero-order valence-corrected chi connectivity index (χ0v) is 14.5. The van der Waals surface area contributed by atoms with E-state index in [0.717, 1.165) is 17.6 Å². The highest BCUT2D eigenvalue weighted by Crippen LogP contribution is 2.31. The monoisotopic (exact) mass is 356 g/mol. The Morgan fingerprint density at radius 3 is 2.58 bits per heavy atom. The molecule has 0 saturated heterocycles. The molecular weight excluding hydrogens is 339 g/mol. The van der Waals surface area contributed by atoms with Gasteiger partial charge in [-0.15, -0.1) is 0 Å². The molecule has 0 atom stereocenters. The van der Waals surface area contributed by atoms with Crippen molar-refractivity contribution in [1.29, 1.82) is 0 Å². The van der Waals surface area contributed by atoms with Crippen LogP contribution in [0.3, 0.4) is 0 Å². The third-order valence-electron chi connectivity index (χ3n) is 3.84. The van der Waals surface area contributed by atoms with E-state index in [1.165, 1.54) is 19.2 Å². The highest BCUT2D eigenvalue weighted by molar-refractivity contribution is 5.82. The lowest BCUT2D eigenvalue weighted by molar-refractivity contribution is 0.391. The molecule has 0 amide bonds. The number of oxazole rings is 2. The van der Waals surface area contributed by atoms with Crippen molar-refractivity contribution in [3.63, 3.8) is 0 Å². The molecule has 26 heavy (non-hydrogen) atoms. The van der Waals surface area contributed by atoms with Gasteiger partial charge in [0.15, 0.2) is 28.2 Å². The van der Waals surface area contributed by atoms with E-state index in [1.807, 2.05) is 32.3 Å². The summed E-state index contributed by atoms with van der Waals surface area (Å²) in [4.78, 5) is 10.7. The number of rotatable bonds is 5. The van der Waals surface area contributed by atoms with Crippen LogP contribution in [0.4, 0.5) is 16.4 Å². The van der Waals surface area contributed by atoms with E-state index in [1.54, 1.807) is 0 Å². The van der Waals surface area contributed by atoms with Crippen molar-refractivity contribution in [3.8, 4) is 5.75 Å². The normalized spacial score (nSPS) is 11.6. The summed E-state index contributed by atoms with van der Waals surface area (Å²) in [5, 5.41) is 2.87. The first-order chi connectivity index (χ1) is 12.5. The number of nitrogens with zero attached hydrogens (tertiary/aromatic N) is 3. The number of hydrogen-bond acceptors (Lipinski definition) is 7. The number of anilines is 2. The van der Waals surface area contributed by atoms with Crippen molar-refractivity contribution < 1.29 is 18.0 Å². The molecule has 0 radical (unpaired) electrons. The van der Waals surface area contributed by atoms with Crippen LogP contribution in [0.5, 0.6) is 5.75 Å². The second-order valence-electron chi connectivity index (χ2n) is 6.13. The van der Waals surface area contributed by atoms with E-state index in [2.05, 4.69) is 20.2 Å². The van der Waals surface area contributed by atoms with Gasteiger partial charge in [0, 0.05) is 6.54 Å². The van der Waals surface area contributed by atoms with Crippen LogP contribution in [-0.2, 0) is 6.54 Å². The Morgan fingerprint density at radius 2 is 1.81 bits per heavy atom. The quantitative estimate of drug-likeness (QED) is 0.581. The molecule has 0 saturated carbocycles. The van der Waals surface area contributed by atoms with Crippen molar-refractivity contribution in [1.82, 2.24) is 14.9 Å². The lowest BCUT2D eigenvalue weighted by Crippen LogP contribution is -2.10. The average Bonchev–Trinajstić information content (AvgIpc) is 3.17. The Labute approximate surface area is 148 Å². The zero-order chi connectivity index (χ0) is 18.3. The van der Waals surface area contributed by atoms with Crippen molar-refractivity contribution in [3.05, 3.63) is 41.7 Å². The van der Waals surface area contributed by atoms with Crippen LogP contribution >= 0.6 is 0 Å². The highest BCUT2D eigenvalue weighted by atomic mass is 19.1. The summed E-state index contributed by atoms with van der Waals surface area (Å²) in [7, 11) is 5.39. The summed E-state index contributed by atoms with van der Waals surface area (Å²) in [6.07, 6.45) is 0. The van der Waals surface area contributed by atoms with Crippen LogP contribution in [0, 0.1) is 5.82 Å². The maximum absolute atomic E-state index is 13.8. The number of halogens is 1. The fourth-order valence-corrected chi connectivity index (χ4v) is 2.77. The minimum absolute atomic E-state index is 0.0326. The van der Waals surface area contributed by atoms with Gasteiger partial charge in [-0.05, 0) is 43.9 Å². The molecule has 0 aliphatic heterocycles. The molecule has 0 aliphatic rings. The predicted octanol–water partition coefficient (Wildman–Crippen LogP) is 3.92. The number of aromatic nitrogens is 2. The third-order valence-corrected chi connectivity index (χ3v) is 3.84. The van der Waals surface area contributed by atoms with Crippen molar-refractivity contribution in [2.45, 2.75) is 6.54 Å². The maximum Gasteiger partial charge on any atom is 0.304 e. The van der Waals surface area contributed by atoms with Gasteiger partial charge in [-0.2, -0.15) is 9.97 Å². The first-order valence-corrected chi connectivity index (χ1v) is 7.98. The van der Waals surface area contributed by atoms with Crippen LogP contribution in [0.1, 0.15) is 5.56 Å². The maximum atomic E-state index is 13.8. The fourth-order valence-electron chi connectivity index (χ4n) is 2.77. The van der Waals surface area contributed by atoms with E-state index in [9.17, 15) is 4.39 Å². The van der Waals surface area contributed by atoms with Crippen LogP contribution in [0.25, 0.3) is 22.2 Å². The number of nitrogens with one attached hydrogen (secondary N) is 1. The number of methoxy groups -OCH3 is 1. The van der Waals surface area contributed by atoms with Gasteiger partial charge in [0.2, 0.25) is 0 Å². The minimum atomic E-state index is -0.505. The second kappa shape index (κ2) is 6.30. The molecule has 134 valence electrons. The van der Waals surface area contributed by atoms with Crippen LogP contribution < -0.4 is 10.1 Å². The van der Waals surface area contributed by atoms with Gasteiger partial charge in [0.05, 0.1) is 7.11 Å². The summed E-state index contributed by atoms with van der Waals surface area (Å²) in [5.41, 5.74) is 3.19. The fraction of sp³-hybridized carbons (Fsp3) is 0.222. The van der Waals surface area contributed by atoms with Crippen molar-refractivity contribution in [2.75, 3.05) is 26.5 Å². The van der Waals surface area contributed by atoms with E-state index < -0.39 is 5.82 Å². The topological polar surface area (TPSA) is 76.6 Å². The van der Waals surface area contributed by atoms with Crippen LogP contribution in [0.2, 0.25) is 0 Å². The summed E-state index contributed by atoms with van der Waals surface area (Å²) in [5.74, 6) is -0.472. The van der Waals surface area contributed by atoms with Gasteiger partial charge in [-0.25, -0.2) is 4.39 Å². The van der Waals surface area contributed by atoms with Crippen molar-refractivity contribution >= 4 is 34.2 Å². The third kappa shape index (κ3) is 2.95. The average molecular weight is 356 g/mol. The predicted molar refractivity (Wildman–Crippen MR) is 95.2 cm³/mol. The first kappa shape index (κ1) is 16.3. The van der Waals surface area contributed by atoms with Gasteiger partial charge in [-0.1, -0.05) is 6.07 Å². The molecule has 8 heteroatoms. The van der Waals surface area contributed by atoms with E-state index in [0.29, 0.717) is 16.7 Å². The number of ether oxygens (including phenoxy) is 1. The second-order valence-corrected chi connectivity index (χ2v) is 6.13. The highest BCUT2D eigenvalue weighted by Gasteiger charge is 2.16. The lowest BCUT2D eigenvalue weighted by atomic mass is 10.2. The first-order valence-electron chi connectivity index (χ1n) is 7.98. The molecule has 2 aromatic carbocycles. The molecule has 7 nitrogen and oxygen atoms in total. The molecule has 4 aromatic rings. The largest absolute Gasteiger partial charge is 0.491 e. The standard InChI is InChI=1S/C18H17FN4O3/c1-23(2)9-10-4-6-13-12(8-10)20-17(25-13)22-18-21-15-14(26-18)7-5-11(19)16(15)24-3/h4-8H,9H2,1-3H3,(H,20,21,22). The molecule has 0 spiro atoms. The zero-order valence-electron chi connectivity index (χ0n) is 14.5. The molecule has 2 aromatic heterocycles. The Morgan fingerprint density at radius 1 is 1.08 bits per heavy atom. The van der Waals surface area contributed by atoms with Crippen LogP contribution in [0.15, 0.2) is 39.2 Å². The van der Waals surface area contributed by atoms with Gasteiger partial charge in [0.1, 0.15) is 5.52 Å². The van der Waals surface area contributed by atoms with E-state index in [-0.39, 0.29) is 17.8 Å². The number of fused-ring (bicyclic) bond motifs is 2. The molecule has 0 bridgehead atoms. The summed E-state index contributed by atoms with van der Waals surface area (Å²) in [6, 6.07) is 8.97. The van der Waals surface area contributed by atoms with Crippen LogP contribution in [-0.4, -0.2) is 36.1 Å². The molecule has 2 heterocycles. The Balaban J connectivity index is 1.65. The molecule has 1 N–H and O–H groups in total. The van der Waals surface area contributed by atoms with Gasteiger partial charge in [-0.3, -0.25) is 5.32 Å². The van der Waals surface area contributed by atoms with Gasteiger partial charge >= 0.3 is 12.0 Å². The van der Waals surface area contributed by atoms with E-state index >= 15 is 0 Å². The van der Waals surface area contributed by atoms with E-state index in [4.69, 9.17) is 13.6 Å². The summed E-state index contributed by atoms with van der Waals surface area (Å²) in [6.45, 7) is 0.808. The molecule has 0 unspecified atom stereocenters. The SMILES string of the molecule is COc1c(F)ccc2oc(Nc3nc4cc(CN(C)C)ccc4o3)nc12. The molecule has 0 fully saturated rings. The number of hydrogen-bond donors (Lipinski definition) is 1. The molecule has 0 aliphatic carbocycles. The Bertz CT molecular complexity index is 1090. The summed E-state index contributed by atoms with van der Waals surface area (Å²) >= 11 is 0. The van der Waals surface area contributed by atoms with Gasteiger partial charge in [0.25, 0.3) is 0 Å².